The van der Waals surface area contributed by atoms with Crippen molar-refractivity contribution in [1.29, 1.82) is 0 Å². The van der Waals surface area contributed by atoms with Gasteiger partial charge in [0, 0.05) is 29.6 Å². The normalized spacial score (nSPS) is 17.0. The van der Waals surface area contributed by atoms with Gasteiger partial charge in [0.15, 0.2) is 0 Å². The summed E-state index contributed by atoms with van der Waals surface area (Å²) in [6, 6.07) is 13.8. The maximum absolute atomic E-state index is 12.9. The molecule has 2 aromatic carbocycles. The molecule has 5 heteroatoms. The zero-order valence-corrected chi connectivity index (χ0v) is 16.6. The molecule has 0 bridgehead atoms. The van der Waals surface area contributed by atoms with Crippen LogP contribution in [0.3, 0.4) is 0 Å². The number of rotatable bonds is 3. The third kappa shape index (κ3) is 3.57. The SMILES string of the molecule is COc1ccc2c3c1CN(C(=O)NCc1ccccc1)CC3=CC(C)(C)CO2. The number of nitrogens with one attached hydrogen (secondary N) is 1. The lowest BCUT2D eigenvalue weighted by atomic mass is 9.87. The average Bonchev–Trinajstić information content (AvgIpc) is 2.83. The van der Waals surface area contributed by atoms with Gasteiger partial charge in [0.05, 0.1) is 20.3 Å². The summed E-state index contributed by atoms with van der Waals surface area (Å²) in [4.78, 5) is 14.7. The predicted octanol–water partition coefficient (Wildman–Crippen LogP) is 4.22. The number of urea groups is 1. The Hall–Kier alpha value is -2.95. The van der Waals surface area contributed by atoms with Crippen LogP contribution in [0.4, 0.5) is 4.79 Å². The quantitative estimate of drug-likeness (QED) is 0.870. The van der Waals surface area contributed by atoms with Gasteiger partial charge in [-0.3, -0.25) is 0 Å². The molecule has 4 rings (SSSR count). The minimum absolute atomic E-state index is 0.0779. The van der Waals surface area contributed by atoms with Crippen molar-refractivity contribution >= 4 is 11.6 Å². The summed E-state index contributed by atoms with van der Waals surface area (Å²) in [5, 5.41) is 3.04. The van der Waals surface area contributed by atoms with E-state index in [2.05, 4.69) is 25.2 Å². The number of nitrogens with zero attached hydrogens (tertiary/aromatic N) is 1. The highest BCUT2D eigenvalue weighted by atomic mass is 16.5. The van der Waals surface area contributed by atoms with Gasteiger partial charge < -0.3 is 19.7 Å². The number of carbonyl (C=O) groups excluding carboxylic acids is 1. The van der Waals surface area contributed by atoms with Gasteiger partial charge >= 0.3 is 6.03 Å². The first kappa shape index (κ1) is 18.4. The van der Waals surface area contributed by atoms with E-state index in [9.17, 15) is 4.79 Å². The van der Waals surface area contributed by atoms with Crippen molar-refractivity contribution < 1.29 is 14.3 Å². The molecule has 146 valence electrons. The Morgan fingerprint density at radius 1 is 1.18 bits per heavy atom. The molecule has 0 saturated heterocycles. The van der Waals surface area contributed by atoms with E-state index in [0.717, 1.165) is 33.8 Å². The van der Waals surface area contributed by atoms with Crippen LogP contribution in [0.2, 0.25) is 0 Å². The van der Waals surface area contributed by atoms with Crippen molar-refractivity contribution in [3.05, 3.63) is 65.2 Å². The number of benzene rings is 2. The van der Waals surface area contributed by atoms with Crippen LogP contribution in [0.15, 0.2) is 48.5 Å². The van der Waals surface area contributed by atoms with E-state index >= 15 is 0 Å². The molecule has 5 nitrogen and oxygen atoms in total. The summed E-state index contributed by atoms with van der Waals surface area (Å²) >= 11 is 0. The Morgan fingerprint density at radius 2 is 1.96 bits per heavy atom. The third-order valence-electron chi connectivity index (χ3n) is 5.22. The maximum Gasteiger partial charge on any atom is 0.318 e. The Morgan fingerprint density at radius 3 is 2.71 bits per heavy atom. The fourth-order valence-corrected chi connectivity index (χ4v) is 3.88. The lowest BCUT2D eigenvalue weighted by molar-refractivity contribution is 0.199. The summed E-state index contributed by atoms with van der Waals surface area (Å²) in [7, 11) is 1.66. The van der Waals surface area contributed by atoms with E-state index in [-0.39, 0.29) is 11.4 Å². The number of carbonyl (C=O) groups is 1. The Labute approximate surface area is 165 Å². The van der Waals surface area contributed by atoms with Crippen LogP contribution in [0.5, 0.6) is 11.5 Å². The molecule has 2 amide bonds. The second kappa shape index (κ2) is 7.23. The zero-order valence-electron chi connectivity index (χ0n) is 16.6. The van der Waals surface area contributed by atoms with Crippen molar-refractivity contribution in [2.75, 3.05) is 20.3 Å². The maximum atomic E-state index is 12.9. The monoisotopic (exact) mass is 378 g/mol. The Bertz CT molecular complexity index is 919. The topological polar surface area (TPSA) is 50.8 Å². The molecule has 1 N–H and O–H groups in total. The smallest absolute Gasteiger partial charge is 0.318 e. The van der Waals surface area contributed by atoms with Crippen LogP contribution in [-0.2, 0) is 13.1 Å². The minimum atomic E-state index is -0.109. The molecule has 2 aliphatic rings. The first-order valence-corrected chi connectivity index (χ1v) is 9.58. The molecule has 0 radical (unpaired) electrons. The molecular weight excluding hydrogens is 352 g/mol. The highest BCUT2D eigenvalue weighted by molar-refractivity contribution is 5.84. The van der Waals surface area contributed by atoms with Crippen LogP contribution >= 0.6 is 0 Å². The van der Waals surface area contributed by atoms with Gasteiger partial charge in [0.1, 0.15) is 11.5 Å². The largest absolute Gasteiger partial charge is 0.496 e. The lowest BCUT2D eigenvalue weighted by Gasteiger charge is -2.32. The summed E-state index contributed by atoms with van der Waals surface area (Å²) in [5.74, 6) is 1.66. The van der Waals surface area contributed by atoms with Gasteiger partial charge in [-0.25, -0.2) is 4.79 Å². The molecule has 0 unspecified atom stereocenters. The fourth-order valence-electron chi connectivity index (χ4n) is 3.88. The molecule has 0 aliphatic carbocycles. The Balaban J connectivity index is 1.64. The van der Waals surface area contributed by atoms with Crippen molar-refractivity contribution in [1.82, 2.24) is 10.2 Å². The average molecular weight is 378 g/mol. The first-order valence-electron chi connectivity index (χ1n) is 9.58. The molecule has 2 heterocycles. The van der Waals surface area contributed by atoms with Gasteiger partial charge in [-0.15, -0.1) is 0 Å². The highest BCUT2D eigenvalue weighted by Crippen LogP contribution is 2.43. The van der Waals surface area contributed by atoms with E-state index in [1.54, 1.807) is 7.11 Å². The number of ether oxygens (including phenoxy) is 2. The molecule has 2 aromatic rings. The van der Waals surface area contributed by atoms with E-state index < -0.39 is 0 Å². The molecule has 28 heavy (non-hydrogen) atoms. The summed E-state index contributed by atoms with van der Waals surface area (Å²) in [6.07, 6.45) is 2.23. The lowest BCUT2D eigenvalue weighted by Crippen LogP contribution is -2.42. The summed E-state index contributed by atoms with van der Waals surface area (Å²) in [6.45, 7) is 6.46. The van der Waals surface area contributed by atoms with E-state index in [4.69, 9.17) is 9.47 Å². The second-order valence-corrected chi connectivity index (χ2v) is 8.07. The van der Waals surface area contributed by atoms with Gasteiger partial charge in [0.2, 0.25) is 0 Å². The number of methoxy groups -OCH3 is 1. The van der Waals surface area contributed by atoms with Gasteiger partial charge in [0.25, 0.3) is 0 Å². The molecule has 0 atom stereocenters. The number of amides is 2. The van der Waals surface area contributed by atoms with Gasteiger partial charge in [-0.1, -0.05) is 50.3 Å². The molecule has 0 saturated carbocycles. The van der Waals surface area contributed by atoms with Crippen molar-refractivity contribution in [2.24, 2.45) is 5.41 Å². The highest BCUT2D eigenvalue weighted by Gasteiger charge is 2.33. The van der Waals surface area contributed by atoms with Gasteiger partial charge in [-0.05, 0) is 23.3 Å². The first-order chi connectivity index (χ1) is 13.5. The van der Waals surface area contributed by atoms with Crippen LogP contribution in [-0.4, -0.2) is 31.2 Å². The minimum Gasteiger partial charge on any atom is -0.496 e. The van der Waals surface area contributed by atoms with Crippen molar-refractivity contribution in [3.63, 3.8) is 0 Å². The number of hydrogen-bond acceptors (Lipinski definition) is 3. The van der Waals surface area contributed by atoms with Crippen LogP contribution in [0.1, 0.15) is 30.5 Å². The van der Waals surface area contributed by atoms with Crippen LogP contribution in [0.25, 0.3) is 5.57 Å². The van der Waals surface area contributed by atoms with E-state index in [1.807, 2.05) is 47.4 Å². The Kier molecular flexibility index (Phi) is 4.75. The summed E-state index contributed by atoms with van der Waals surface area (Å²) in [5.41, 5.74) is 4.17. The predicted molar refractivity (Wildman–Crippen MR) is 109 cm³/mol. The molecule has 0 fully saturated rings. The zero-order chi connectivity index (χ0) is 19.7. The molecular formula is C23H26N2O3. The van der Waals surface area contributed by atoms with Crippen molar-refractivity contribution in [2.45, 2.75) is 26.9 Å². The number of hydrogen-bond donors (Lipinski definition) is 1. The molecule has 0 aromatic heterocycles. The van der Waals surface area contributed by atoms with E-state index in [0.29, 0.717) is 26.2 Å². The van der Waals surface area contributed by atoms with Crippen molar-refractivity contribution in [3.8, 4) is 11.5 Å². The van der Waals surface area contributed by atoms with Crippen LogP contribution in [0, 0.1) is 5.41 Å². The fraction of sp³-hybridized carbons (Fsp3) is 0.348. The summed E-state index contributed by atoms with van der Waals surface area (Å²) < 4.78 is 11.7. The van der Waals surface area contributed by atoms with Gasteiger partial charge in [-0.2, -0.15) is 0 Å². The third-order valence-corrected chi connectivity index (χ3v) is 5.22. The standard InChI is InChI=1S/C23H26N2O3/c1-23(2)11-17-13-25(22(26)24-12-16-7-5-4-6-8-16)14-18-19(27-3)9-10-20(21(17)18)28-15-23/h4-11H,12-15H2,1-3H3,(H,24,26). The molecule has 0 spiro atoms. The molecule has 2 aliphatic heterocycles. The second-order valence-electron chi connectivity index (χ2n) is 8.07. The van der Waals surface area contributed by atoms with Crippen LogP contribution < -0.4 is 14.8 Å². The van der Waals surface area contributed by atoms with E-state index in [1.165, 1.54) is 0 Å².